The van der Waals surface area contributed by atoms with Gasteiger partial charge in [0.15, 0.2) is 0 Å². The molecule has 0 aromatic heterocycles. The lowest BCUT2D eigenvalue weighted by molar-refractivity contribution is 0.415. The van der Waals surface area contributed by atoms with Crippen LogP contribution in [0.3, 0.4) is 0 Å². The van der Waals surface area contributed by atoms with E-state index in [-0.39, 0.29) is 0 Å². The summed E-state index contributed by atoms with van der Waals surface area (Å²) < 4.78 is 5.09. The van der Waals surface area contributed by atoms with Gasteiger partial charge >= 0.3 is 0 Å². The van der Waals surface area contributed by atoms with E-state index in [1.807, 2.05) is 25.2 Å². The predicted octanol–water partition coefficient (Wildman–Crippen LogP) is 1.66. The molecule has 0 fully saturated rings. The summed E-state index contributed by atoms with van der Waals surface area (Å²) in [6, 6.07) is 5.88. The lowest BCUT2D eigenvalue weighted by atomic mass is 10.1. The molecule has 3 nitrogen and oxygen atoms in total. The van der Waals surface area contributed by atoms with Gasteiger partial charge in [-0.05, 0) is 31.2 Å². The Bertz CT molecular complexity index is 305. The first-order chi connectivity index (χ1) is 7.27. The van der Waals surface area contributed by atoms with Gasteiger partial charge in [-0.25, -0.2) is 0 Å². The van der Waals surface area contributed by atoms with Gasteiger partial charge in [0.2, 0.25) is 0 Å². The van der Waals surface area contributed by atoms with Gasteiger partial charge in [-0.3, -0.25) is 0 Å². The van der Waals surface area contributed by atoms with Crippen molar-refractivity contribution in [1.82, 2.24) is 10.6 Å². The monoisotopic (exact) mass is 228 g/mol. The Morgan fingerprint density at radius 3 is 2.80 bits per heavy atom. The quantitative estimate of drug-likeness (QED) is 0.574. The summed E-state index contributed by atoms with van der Waals surface area (Å²) in [4.78, 5) is 0. The Morgan fingerprint density at radius 2 is 2.20 bits per heavy atom. The molecule has 0 saturated carbocycles. The van der Waals surface area contributed by atoms with E-state index in [0.717, 1.165) is 25.4 Å². The first-order valence-corrected chi connectivity index (χ1v) is 5.33. The Hall–Kier alpha value is -0.770. The number of nitrogens with one attached hydrogen (secondary N) is 2. The van der Waals surface area contributed by atoms with Crippen molar-refractivity contribution in [3.8, 4) is 5.75 Å². The standard InChI is InChI=1S/C11H17ClN2O/c1-13-8-14-6-5-9-3-4-11(15-2)10(12)7-9/h3-4,7,13-14H,5-6,8H2,1-2H3. The van der Waals surface area contributed by atoms with Crippen molar-refractivity contribution >= 4 is 11.6 Å². The first-order valence-electron chi connectivity index (χ1n) is 4.95. The molecule has 2 N–H and O–H groups in total. The highest BCUT2D eigenvalue weighted by Gasteiger charge is 2.01. The average molecular weight is 229 g/mol. The minimum atomic E-state index is 0.670. The maximum absolute atomic E-state index is 6.01. The average Bonchev–Trinajstić information content (AvgIpc) is 2.25. The van der Waals surface area contributed by atoms with Crippen LogP contribution in [-0.2, 0) is 6.42 Å². The zero-order valence-electron chi connectivity index (χ0n) is 9.14. The normalized spacial score (nSPS) is 10.3. The highest BCUT2D eigenvalue weighted by Crippen LogP contribution is 2.24. The van der Waals surface area contributed by atoms with E-state index >= 15 is 0 Å². The molecule has 0 aliphatic rings. The fourth-order valence-corrected chi connectivity index (χ4v) is 1.59. The van der Waals surface area contributed by atoms with Gasteiger partial charge in [0.05, 0.1) is 12.1 Å². The number of ether oxygens (including phenoxy) is 1. The number of halogens is 1. The van der Waals surface area contributed by atoms with Crippen LogP contribution in [0, 0.1) is 0 Å². The second kappa shape index (κ2) is 6.67. The van der Waals surface area contributed by atoms with E-state index in [2.05, 4.69) is 10.6 Å². The van der Waals surface area contributed by atoms with E-state index in [1.165, 1.54) is 5.56 Å². The number of hydrogen-bond donors (Lipinski definition) is 2. The number of rotatable bonds is 6. The van der Waals surface area contributed by atoms with Crippen molar-refractivity contribution < 1.29 is 4.74 Å². The zero-order chi connectivity index (χ0) is 11.1. The second-order valence-corrected chi connectivity index (χ2v) is 3.66. The molecule has 15 heavy (non-hydrogen) atoms. The molecule has 0 aliphatic heterocycles. The number of benzene rings is 1. The van der Waals surface area contributed by atoms with Crippen LogP contribution in [0.2, 0.25) is 5.02 Å². The van der Waals surface area contributed by atoms with E-state index < -0.39 is 0 Å². The SMILES string of the molecule is CNCNCCc1ccc(OC)c(Cl)c1. The number of methoxy groups -OCH3 is 1. The fourth-order valence-electron chi connectivity index (χ4n) is 1.31. The molecule has 1 rings (SSSR count). The fraction of sp³-hybridized carbons (Fsp3) is 0.455. The van der Waals surface area contributed by atoms with Crippen LogP contribution >= 0.6 is 11.6 Å². The van der Waals surface area contributed by atoms with Gasteiger partial charge in [0.25, 0.3) is 0 Å². The van der Waals surface area contributed by atoms with E-state index in [1.54, 1.807) is 7.11 Å². The van der Waals surface area contributed by atoms with Crippen LogP contribution in [0.4, 0.5) is 0 Å². The Balaban J connectivity index is 2.45. The maximum atomic E-state index is 6.01. The van der Waals surface area contributed by atoms with Crippen LogP contribution in [0.25, 0.3) is 0 Å². The van der Waals surface area contributed by atoms with Crippen LogP contribution in [0.5, 0.6) is 5.75 Å². The van der Waals surface area contributed by atoms with Crippen molar-refractivity contribution in [1.29, 1.82) is 0 Å². The molecule has 1 aromatic carbocycles. The van der Waals surface area contributed by atoms with Gasteiger partial charge in [-0.2, -0.15) is 0 Å². The molecular weight excluding hydrogens is 212 g/mol. The smallest absolute Gasteiger partial charge is 0.137 e. The molecule has 0 atom stereocenters. The van der Waals surface area contributed by atoms with Gasteiger partial charge in [-0.1, -0.05) is 17.7 Å². The molecule has 4 heteroatoms. The van der Waals surface area contributed by atoms with Gasteiger partial charge < -0.3 is 15.4 Å². The van der Waals surface area contributed by atoms with Crippen LogP contribution in [0.15, 0.2) is 18.2 Å². The molecule has 0 aliphatic carbocycles. The molecule has 0 spiro atoms. The molecule has 84 valence electrons. The Morgan fingerprint density at radius 1 is 1.40 bits per heavy atom. The lowest BCUT2D eigenvalue weighted by Crippen LogP contribution is -2.27. The third kappa shape index (κ3) is 4.08. The summed E-state index contributed by atoms with van der Waals surface area (Å²) in [5, 5.41) is 6.94. The molecule has 0 saturated heterocycles. The van der Waals surface area contributed by atoms with E-state index in [0.29, 0.717) is 5.02 Å². The van der Waals surface area contributed by atoms with Crippen LogP contribution in [-0.4, -0.2) is 27.4 Å². The minimum absolute atomic E-state index is 0.670. The van der Waals surface area contributed by atoms with Crippen molar-refractivity contribution in [3.63, 3.8) is 0 Å². The maximum Gasteiger partial charge on any atom is 0.137 e. The summed E-state index contributed by atoms with van der Waals surface area (Å²) in [6.07, 6.45) is 0.964. The third-order valence-electron chi connectivity index (χ3n) is 2.11. The van der Waals surface area contributed by atoms with Crippen molar-refractivity contribution in [2.24, 2.45) is 0 Å². The van der Waals surface area contributed by atoms with Gasteiger partial charge in [-0.15, -0.1) is 0 Å². The van der Waals surface area contributed by atoms with Crippen molar-refractivity contribution in [3.05, 3.63) is 28.8 Å². The second-order valence-electron chi connectivity index (χ2n) is 3.25. The molecule has 0 bridgehead atoms. The minimum Gasteiger partial charge on any atom is -0.495 e. The molecular formula is C11H17ClN2O. The highest BCUT2D eigenvalue weighted by molar-refractivity contribution is 6.32. The predicted molar refractivity (Wildman–Crippen MR) is 63.6 cm³/mol. The molecule has 0 unspecified atom stereocenters. The van der Waals surface area contributed by atoms with Crippen LogP contribution < -0.4 is 15.4 Å². The van der Waals surface area contributed by atoms with Crippen LogP contribution in [0.1, 0.15) is 5.56 Å². The summed E-state index contributed by atoms with van der Waals surface area (Å²) in [7, 11) is 3.53. The Kier molecular flexibility index (Phi) is 5.47. The molecule has 1 aromatic rings. The molecule has 0 radical (unpaired) electrons. The topological polar surface area (TPSA) is 33.3 Å². The van der Waals surface area contributed by atoms with Crippen molar-refractivity contribution in [2.45, 2.75) is 6.42 Å². The van der Waals surface area contributed by atoms with Gasteiger partial charge in [0.1, 0.15) is 5.75 Å². The zero-order valence-corrected chi connectivity index (χ0v) is 9.90. The molecule has 0 heterocycles. The number of hydrogen-bond acceptors (Lipinski definition) is 3. The first kappa shape index (κ1) is 12.3. The van der Waals surface area contributed by atoms with E-state index in [4.69, 9.17) is 16.3 Å². The summed E-state index contributed by atoms with van der Waals surface area (Å²) in [6.45, 7) is 1.76. The van der Waals surface area contributed by atoms with E-state index in [9.17, 15) is 0 Å². The molecule has 0 amide bonds. The lowest BCUT2D eigenvalue weighted by Gasteiger charge is -2.07. The van der Waals surface area contributed by atoms with Crippen molar-refractivity contribution in [2.75, 3.05) is 27.4 Å². The Labute approximate surface area is 95.8 Å². The summed E-state index contributed by atoms with van der Waals surface area (Å²) in [5.74, 6) is 0.726. The summed E-state index contributed by atoms with van der Waals surface area (Å²) >= 11 is 6.01. The highest BCUT2D eigenvalue weighted by atomic mass is 35.5. The third-order valence-corrected chi connectivity index (χ3v) is 2.40. The largest absolute Gasteiger partial charge is 0.495 e. The summed E-state index contributed by atoms with van der Waals surface area (Å²) in [5.41, 5.74) is 1.21. The van der Waals surface area contributed by atoms with Gasteiger partial charge in [0, 0.05) is 13.2 Å².